The second-order valence-electron chi connectivity index (χ2n) is 5.07. The lowest BCUT2D eigenvalue weighted by molar-refractivity contribution is 0.0420. The molecular formula is C17H11Cl2NO4. The largest absolute Gasteiger partial charge is 0.460 e. The predicted molar refractivity (Wildman–Crippen MR) is 88.6 cm³/mol. The fourth-order valence-corrected chi connectivity index (χ4v) is 2.68. The van der Waals surface area contributed by atoms with Crippen LogP contribution in [0.15, 0.2) is 42.5 Å². The molecule has 1 heterocycles. The SMILES string of the molecule is O=C(OCCN1C(=O)c2ccccc2C1=O)c1ccc(Cl)c(Cl)c1. The zero-order valence-electron chi connectivity index (χ0n) is 12.3. The van der Waals surface area contributed by atoms with Crippen molar-refractivity contribution < 1.29 is 19.1 Å². The van der Waals surface area contributed by atoms with Crippen LogP contribution in [0.5, 0.6) is 0 Å². The maximum atomic E-state index is 12.2. The number of hydrogen-bond donors (Lipinski definition) is 0. The minimum Gasteiger partial charge on any atom is -0.460 e. The molecule has 5 nitrogen and oxygen atoms in total. The van der Waals surface area contributed by atoms with Gasteiger partial charge in [-0.2, -0.15) is 0 Å². The Bertz CT molecular complexity index is 815. The molecule has 0 N–H and O–H groups in total. The van der Waals surface area contributed by atoms with Crippen LogP contribution in [0.4, 0.5) is 0 Å². The molecule has 122 valence electrons. The Kier molecular flexibility index (Phi) is 4.55. The van der Waals surface area contributed by atoms with Gasteiger partial charge in [-0.25, -0.2) is 4.79 Å². The first-order chi connectivity index (χ1) is 11.5. The molecule has 0 bridgehead atoms. The number of carbonyl (C=O) groups is 3. The normalized spacial score (nSPS) is 13.2. The molecule has 2 aromatic rings. The highest BCUT2D eigenvalue weighted by atomic mass is 35.5. The predicted octanol–water partition coefficient (Wildman–Crippen LogP) is 3.45. The summed E-state index contributed by atoms with van der Waals surface area (Å²) in [4.78, 5) is 37.3. The maximum absolute atomic E-state index is 12.2. The van der Waals surface area contributed by atoms with E-state index >= 15 is 0 Å². The lowest BCUT2D eigenvalue weighted by Crippen LogP contribution is -2.33. The molecular weight excluding hydrogens is 353 g/mol. The summed E-state index contributed by atoms with van der Waals surface area (Å²) in [6.07, 6.45) is 0. The van der Waals surface area contributed by atoms with E-state index in [4.69, 9.17) is 27.9 Å². The molecule has 0 fully saturated rings. The molecule has 1 aliphatic rings. The molecule has 2 aromatic carbocycles. The van der Waals surface area contributed by atoms with Gasteiger partial charge in [0.1, 0.15) is 6.61 Å². The van der Waals surface area contributed by atoms with E-state index in [0.717, 1.165) is 4.90 Å². The van der Waals surface area contributed by atoms with Crippen LogP contribution in [0.25, 0.3) is 0 Å². The third kappa shape index (κ3) is 3.00. The number of ether oxygens (including phenoxy) is 1. The molecule has 24 heavy (non-hydrogen) atoms. The lowest BCUT2D eigenvalue weighted by Gasteiger charge is -2.13. The molecule has 0 spiro atoms. The number of rotatable bonds is 4. The van der Waals surface area contributed by atoms with Gasteiger partial charge in [0.25, 0.3) is 11.8 Å². The van der Waals surface area contributed by atoms with Gasteiger partial charge >= 0.3 is 5.97 Å². The first kappa shape index (κ1) is 16.5. The highest BCUT2D eigenvalue weighted by Gasteiger charge is 2.34. The summed E-state index contributed by atoms with van der Waals surface area (Å²) in [6.45, 7) is -0.121. The van der Waals surface area contributed by atoms with Gasteiger partial charge in [0.05, 0.1) is 33.3 Å². The molecule has 0 radical (unpaired) electrons. The smallest absolute Gasteiger partial charge is 0.338 e. The maximum Gasteiger partial charge on any atom is 0.338 e. The number of halogens is 2. The minimum absolute atomic E-state index is 0.0145. The first-order valence-corrected chi connectivity index (χ1v) is 7.82. The summed E-state index contributed by atoms with van der Waals surface area (Å²) in [5, 5.41) is 0.575. The summed E-state index contributed by atoms with van der Waals surface area (Å²) in [5.74, 6) is -1.38. The van der Waals surface area contributed by atoms with E-state index in [0.29, 0.717) is 16.1 Å². The number of hydrogen-bond acceptors (Lipinski definition) is 4. The van der Waals surface area contributed by atoms with E-state index in [1.54, 1.807) is 24.3 Å². The van der Waals surface area contributed by atoms with E-state index in [-0.39, 0.29) is 35.6 Å². The van der Waals surface area contributed by atoms with Crippen LogP contribution in [0.3, 0.4) is 0 Å². The molecule has 0 aromatic heterocycles. The summed E-state index contributed by atoms with van der Waals surface area (Å²) in [6, 6.07) is 10.9. The van der Waals surface area contributed by atoms with Crippen molar-refractivity contribution in [2.45, 2.75) is 0 Å². The second kappa shape index (κ2) is 6.63. The van der Waals surface area contributed by atoms with Crippen LogP contribution in [-0.4, -0.2) is 35.8 Å². The first-order valence-electron chi connectivity index (χ1n) is 7.06. The molecule has 0 saturated carbocycles. The van der Waals surface area contributed by atoms with Crippen molar-refractivity contribution in [2.75, 3.05) is 13.2 Å². The van der Waals surface area contributed by atoms with Crippen molar-refractivity contribution in [1.82, 2.24) is 4.90 Å². The van der Waals surface area contributed by atoms with Gasteiger partial charge in [0.2, 0.25) is 0 Å². The number of benzene rings is 2. The van der Waals surface area contributed by atoms with Gasteiger partial charge < -0.3 is 4.74 Å². The molecule has 1 aliphatic heterocycles. The average Bonchev–Trinajstić information content (AvgIpc) is 2.82. The zero-order chi connectivity index (χ0) is 17.3. The average molecular weight is 364 g/mol. The number of esters is 1. The zero-order valence-corrected chi connectivity index (χ0v) is 13.8. The monoisotopic (exact) mass is 363 g/mol. The Morgan fingerprint density at radius 2 is 1.58 bits per heavy atom. The second-order valence-corrected chi connectivity index (χ2v) is 5.89. The molecule has 0 unspecified atom stereocenters. The molecule has 3 rings (SSSR count). The lowest BCUT2D eigenvalue weighted by atomic mass is 10.1. The topological polar surface area (TPSA) is 63.7 Å². The highest BCUT2D eigenvalue weighted by Crippen LogP contribution is 2.24. The van der Waals surface area contributed by atoms with Crippen molar-refractivity contribution in [1.29, 1.82) is 0 Å². The van der Waals surface area contributed by atoms with E-state index in [9.17, 15) is 14.4 Å². The number of fused-ring (bicyclic) bond motifs is 1. The number of nitrogens with zero attached hydrogens (tertiary/aromatic N) is 1. The van der Waals surface area contributed by atoms with Crippen molar-refractivity contribution in [2.24, 2.45) is 0 Å². The van der Waals surface area contributed by atoms with Gasteiger partial charge in [-0.05, 0) is 30.3 Å². The molecule has 0 saturated heterocycles. The summed E-state index contributed by atoms with van der Waals surface area (Å²) < 4.78 is 5.09. The van der Waals surface area contributed by atoms with E-state index < -0.39 is 5.97 Å². The van der Waals surface area contributed by atoms with Crippen LogP contribution < -0.4 is 0 Å². The summed E-state index contributed by atoms with van der Waals surface area (Å²) >= 11 is 11.6. The Morgan fingerprint density at radius 3 is 2.17 bits per heavy atom. The van der Waals surface area contributed by atoms with Crippen LogP contribution in [0.2, 0.25) is 10.0 Å². The molecule has 2 amide bonds. The van der Waals surface area contributed by atoms with Crippen LogP contribution in [-0.2, 0) is 4.74 Å². The van der Waals surface area contributed by atoms with Crippen molar-refractivity contribution in [3.63, 3.8) is 0 Å². The number of amides is 2. The molecule has 0 atom stereocenters. The van der Waals surface area contributed by atoms with E-state index in [1.807, 2.05) is 0 Å². The fraction of sp³-hybridized carbons (Fsp3) is 0.118. The quantitative estimate of drug-likeness (QED) is 0.616. The Morgan fingerprint density at radius 1 is 0.958 bits per heavy atom. The Labute approximate surface area is 147 Å². The Balaban J connectivity index is 1.61. The van der Waals surface area contributed by atoms with Gasteiger partial charge in [0.15, 0.2) is 0 Å². The minimum atomic E-state index is -0.606. The highest BCUT2D eigenvalue weighted by molar-refractivity contribution is 6.42. The summed E-state index contributed by atoms with van der Waals surface area (Å²) in [5.41, 5.74) is 0.961. The van der Waals surface area contributed by atoms with Crippen LogP contribution in [0.1, 0.15) is 31.1 Å². The standard InChI is InChI=1S/C17H11Cl2NO4/c18-13-6-5-10(9-14(13)19)17(23)24-8-7-20-15(21)11-3-1-2-4-12(11)16(20)22/h1-6,9H,7-8H2. The molecule has 0 aliphatic carbocycles. The van der Waals surface area contributed by atoms with Crippen molar-refractivity contribution in [3.05, 3.63) is 69.2 Å². The van der Waals surface area contributed by atoms with Crippen molar-refractivity contribution in [3.8, 4) is 0 Å². The Hall–Kier alpha value is -2.37. The third-order valence-electron chi connectivity index (χ3n) is 3.58. The molecule has 7 heteroatoms. The summed E-state index contributed by atoms with van der Waals surface area (Å²) in [7, 11) is 0. The van der Waals surface area contributed by atoms with Gasteiger partial charge in [-0.15, -0.1) is 0 Å². The van der Waals surface area contributed by atoms with Crippen LogP contribution in [0, 0.1) is 0 Å². The van der Waals surface area contributed by atoms with Crippen LogP contribution >= 0.6 is 23.2 Å². The third-order valence-corrected chi connectivity index (χ3v) is 4.32. The van der Waals surface area contributed by atoms with Crippen molar-refractivity contribution >= 4 is 41.0 Å². The fourth-order valence-electron chi connectivity index (χ4n) is 2.38. The van der Waals surface area contributed by atoms with Gasteiger partial charge in [-0.3, -0.25) is 14.5 Å². The van der Waals surface area contributed by atoms with E-state index in [1.165, 1.54) is 18.2 Å². The number of imide groups is 1. The van der Waals surface area contributed by atoms with Gasteiger partial charge in [0, 0.05) is 0 Å². The number of carbonyl (C=O) groups excluding carboxylic acids is 3. The van der Waals surface area contributed by atoms with E-state index in [2.05, 4.69) is 0 Å². The van der Waals surface area contributed by atoms with Gasteiger partial charge in [-0.1, -0.05) is 35.3 Å².